The number of hydrogen-bond acceptors (Lipinski definition) is 18. The highest BCUT2D eigenvalue weighted by atomic mass is 16.8. The molecule has 0 radical (unpaired) electrons. The first-order valence-electron chi connectivity index (χ1n) is 22.3. The second kappa shape index (κ2) is 19.2. The van der Waals surface area contributed by atoms with Crippen LogP contribution in [0.3, 0.4) is 0 Å². The fourth-order valence-electron chi connectivity index (χ4n) is 10.8. The van der Waals surface area contributed by atoms with Crippen molar-refractivity contribution in [2.75, 3.05) is 0 Å². The molecule has 0 aromatic rings. The average molecular weight is 891 g/mol. The second-order valence-corrected chi connectivity index (χ2v) is 19.6. The van der Waals surface area contributed by atoms with Gasteiger partial charge in [0.15, 0.2) is 25.2 Å². The minimum atomic E-state index is -1.73. The maximum Gasteiger partial charge on any atom is 0.187 e. The van der Waals surface area contributed by atoms with E-state index in [4.69, 9.17) is 37.9 Å². The van der Waals surface area contributed by atoms with Gasteiger partial charge in [-0.3, -0.25) is 0 Å². The van der Waals surface area contributed by atoms with Crippen LogP contribution in [0.1, 0.15) is 94.4 Å². The molecular weight excluding hydrogens is 816 g/mol. The Morgan fingerprint density at radius 2 is 1.11 bits per heavy atom. The minimum Gasteiger partial charge on any atom is -0.388 e. The molecule has 0 aromatic carbocycles. The minimum absolute atomic E-state index is 0.0372. The van der Waals surface area contributed by atoms with Crippen LogP contribution in [-0.4, -0.2) is 186 Å². The first-order chi connectivity index (χ1) is 28.9. The number of ether oxygens (including phenoxy) is 8. The summed E-state index contributed by atoms with van der Waals surface area (Å²) in [4.78, 5) is 0. The van der Waals surface area contributed by atoms with Gasteiger partial charge in [-0.25, -0.2) is 0 Å². The molecule has 26 atom stereocenters. The van der Waals surface area contributed by atoms with Gasteiger partial charge in [0.05, 0.1) is 36.1 Å². The number of aliphatic hydroxyl groups excluding tert-OH is 10. The van der Waals surface area contributed by atoms with Gasteiger partial charge in [0.2, 0.25) is 0 Å². The first kappa shape index (κ1) is 50.2. The van der Waals surface area contributed by atoms with E-state index in [1.54, 1.807) is 19.9 Å². The van der Waals surface area contributed by atoms with Crippen LogP contribution in [0.15, 0.2) is 24.3 Å². The Labute approximate surface area is 364 Å². The van der Waals surface area contributed by atoms with Crippen molar-refractivity contribution in [2.45, 2.75) is 229 Å². The highest BCUT2D eigenvalue weighted by Gasteiger charge is 2.61. The fraction of sp³-hybridized carbons (Fsp3) is 0.909. The number of aliphatic hydroxyl groups is 10. The summed E-state index contributed by atoms with van der Waals surface area (Å²) in [7, 11) is 0. The highest BCUT2D eigenvalue weighted by Crippen LogP contribution is 2.63. The normalized spacial score (nSPS) is 53.6. The molecule has 6 rings (SSSR count). The molecule has 5 fully saturated rings. The Hall–Kier alpha value is -1.24. The molecule has 0 bridgehead atoms. The Balaban J connectivity index is 1.26. The molecule has 0 amide bonds. The van der Waals surface area contributed by atoms with E-state index in [0.29, 0.717) is 19.3 Å². The molecule has 4 saturated heterocycles. The summed E-state index contributed by atoms with van der Waals surface area (Å²) in [6.45, 7) is 20.8. The summed E-state index contributed by atoms with van der Waals surface area (Å²) < 4.78 is 49.5. The van der Waals surface area contributed by atoms with Crippen LogP contribution >= 0.6 is 0 Å². The van der Waals surface area contributed by atoms with Crippen molar-refractivity contribution < 1.29 is 89.0 Å². The van der Waals surface area contributed by atoms with Gasteiger partial charge < -0.3 is 89.0 Å². The van der Waals surface area contributed by atoms with Crippen LogP contribution in [0.2, 0.25) is 0 Å². The molecule has 1 saturated carbocycles. The predicted molar refractivity (Wildman–Crippen MR) is 217 cm³/mol. The zero-order valence-corrected chi connectivity index (χ0v) is 37.4. The highest BCUT2D eigenvalue weighted by molar-refractivity contribution is 5.24. The van der Waals surface area contributed by atoms with Crippen LogP contribution in [0.25, 0.3) is 0 Å². The third-order valence-corrected chi connectivity index (χ3v) is 15.7. The molecule has 358 valence electrons. The van der Waals surface area contributed by atoms with Crippen molar-refractivity contribution in [3.8, 4) is 0 Å². The van der Waals surface area contributed by atoms with Crippen LogP contribution in [-0.2, 0) is 37.9 Å². The molecule has 18 nitrogen and oxygen atoms in total. The van der Waals surface area contributed by atoms with E-state index in [2.05, 4.69) is 40.3 Å². The topological polar surface area (TPSA) is 276 Å². The third-order valence-electron chi connectivity index (χ3n) is 15.7. The van der Waals surface area contributed by atoms with Crippen molar-refractivity contribution in [2.24, 2.45) is 22.7 Å². The van der Waals surface area contributed by atoms with Gasteiger partial charge in [-0.2, -0.15) is 0 Å². The lowest BCUT2D eigenvalue weighted by molar-refractivity contribution is -0.390. The lowest BCUT2D eigenvalue weighted by Crippen LogP contribution is -2.66. The Morgan fingerprint density at radius 3 is 1.63 bits per heavy atom. The van der Waals surface area contributed by atoms with Gasteiger partial charge in [0.25, 0.3) is 0 Å². The lowest BCUT2D eigenvalue weighted by Gasteiger charge is -2.62. The van der Waals surface area contributed by atoms with Crippen molar-refractivity contribution in [1.82, 2.24) is 0 Å². The van der Waals surface area contributed by atoms with Crippen molar-refractivity contribution in [1.29, 1.82) is 0 Å². The Morgan fingerprint density at radius 1 is 0.645 bits per heavy atom. The summed E-state index contributed by atoms with van der Waals surface area (Å²) >= 11 is 0. The van der Waals surface area contributed by atoms with E-state index in [9.17, 15) is 51.1 Å². The van der Waals surface area contributed by atoms with Gasteiger partial charge in [-0.1, -0.05) is 38.5 Å². The van der Waals surface area contributed by atoms with Crippen molar-refractivity contribution >= 4 is 0 Å². The van der Waals surface area contributed by atoms with E-state index >= 15 is 0 Å². The van der Waals surface area contributed by atoms with Crippen LogP contribution < -0.4 is 0 Å². The first-order valence-corrected chi connectivity index (χ1v) is 22.3. The van der Waals surface area contributed by atoms with Crippen LogP contribution in [0.5, 0.6) is 0 Å². The quantitative estimate of drug-likeness (QED) is 0.114. The molecule has 0 unspecified atom stereocenters. The molecule has 10 N–H and O–H groups in total. The van der Waals surface area contributed by atoms with E-state index < -0.39 is 140 Å². The SMILES string of the molecule is C=C[C@](C)(CC[C@@]1(C)[C@H](C)C[C@H](O[C@@H]2O[C@@H](C)[C@H](O[C@@H]3O[C@H](C)[C@H](O)[C@H](O)[C@H]3O)[C@@H](O)[C@H]2O[C@@H]2O[C@H](C)[C@H](O)[C@H](O)[C@H]2O)[C@@]2(C)C(C)=CCC[C@H]12)O[C@@H]1O[C@H](C)[C@H](O)[C@H](O)[C@H]1O. The van der Waals surface area contributed by atoms with E-state index in [1.807, 2.05) is 6.92 Å². The lowest BCUT2D eigenvalue weighted by atomic mass is 9.45. The summed E-state index contributed by atoms with van der Waals surface area (Å²) in [5, 5.41) is 107. The zero-order valence-electron chi connectivity index (χ0n) is 37.4. The monoisotopic (exact) mass is 890 g/mol. The number of fused-ring (bicyclic) bond motifs is 1. The summed E-state index contributed by atoms with van der Waals surface area (Å²) in [5.41, 5.74) is -0.753. The molecule has 62 heavy (non-hydrogen) atoms. The van der Waals surface area contributed by atoms with Gasteiger partial charge in [0.1, 0.15) is 73.2 Å². The smallest absolute Gasteiger partial charge is 0.187 e. The van der Waals surface area contributed by atoms with E-state index in [0.717, 1.165) is 18.4 Å². The molecule has 2 aliphatic carbocycles. The van der Waals surface area contributed by atoms with Gasteiger partial charge in [-0.15, -0.1) is 6.58 Å². The van der Waals surface area contributed by atoms with Crippen LogP contribution in [0.4, 0.5) is 0 Å². The standard InChI is InChI=1S/C44H74O18/c1-11-42(8,62-40-34(53)31(50)28(47)22(6)57-40)15-16-43(9)19(3)17-25(44(10)18(2)13-12-14-24(43)44)59-41-37(61-39-33(52)30(49)27(46)21(5)56-39)35(54)36(23(7)58-41)60-38-32(51)29(48)26(45)20(4)55-38/h11,13,19-41,45-54H,1,12,14-17H2,2-10H3/t19-,20-,21-,22-,23+,24-,25+,26+,27+,28+,29+,30+,31+,32-,33-,34-,35-,36+,37-,38+,39+,40+,41+,42-,43+,44+/m1/s1. The van der Waals surface area contributed by atoms with E-state index in [-0.39, 0.29) is 17.3 Å². The van der Waals surface area contributed by atoms with E-state index in [1.165, 1.54) is 13.8 Å². The third kappa shape index (κ3) is 9.23. The number of hydrogen-bond donors (Lipinski definition) is 10. The zero-order chi connectivity index (χ0) is 46.0. The second-order valence-electron chi connectivity index (χ2n) is 19.6. The molecule has 0 spiro atoms. The molecule has 4 heterocycles. The molecule has 0 aromatic heterocycles. The maximum atomic E-state index is 12.1. The molecule has 18 heteroatoms. The largest absolute Gasteiger partial charge is 0.388 e. The summed E-state index contributed by atoms with van der Waals surface area (Å²) in [6.07, 6.45) is -20.3. The fourth-order valence-corrected chi connectivity index (χ4v) is 10.8. The van der Waals surface area contributed by atoms with Gasteiger partial charge in [0, 0.05) is 5.41 Å². The summed E-state index contributed by atoms with van der Waals surface area (Å²) in [5.74, 6) is 0.0857. The average Bonchev–Trinajstić information content (AvgIpc) is 3.23. The number of rotatable bonds is 12. The predicted octanol–water partition coefficient (Wildman–Crippen LogP) is -0.120. The van der Waals surface area contributed by atoms with Gasteiger partial charge >= 0.3 is 0 Å². The van der Waals surface area contributed by atoms with Crippen molar-refractivity contribution in [3.05, 3.63) is 24.3 Å². The molecular formula is C44H74O18. The van der Waals surface area contributed by atoms with Gasteiger partial charge in [-0.05, 0) is 90.9 Å². The molecule has 6 aliphatic rings. The maximum absolute atomic E-state index is 12.1. The number of allylic oxidation sites excluding steroid dienone is 1. The Bertz CT molecular complexity index is 1550. The summed E-state index contributed by atoms with van der Waals surface area (Å²) in [6, 6.07) is 0. The molecule has 4 aliphatic heterocycles. The Kier molecular flexibility index (Phi) is 15.5. The van der Waals surface area contributed by atoms with Crippen LogP contribution in [0, 0.1) is 22.7 Å². The van der Waals surface area contributed by atoms with Crippen molar-refractivity contribution in [3.63, 3.8) is 0 Å².